The predicted molar refractivity (Wildman–Crippen MR) is 58.3 cm³/mol. The summed E-state index contributed by atoms with van der Waals surface area (Å²) in [6, 6.07) is 0. The monoisotopic (exact) mass is 238 g/mol. The molecule has 0 spiro atoms. The largest absolute Gasteiger partial charge is 0.562 e. The molecule has 92 valence electrons. The molecule has 15 heavy (non-hydrogen) atoms. The lowest BCUT2D eigenvalue weighted by Crippen LogP contribution is -2.65. The van der Waals surface area contributed by atoms with Crippen molar-refractivity contribution in [1.82, 2.24) is 0 Å². The van der Waals surface area contributed by atoms with Crippen LogP contribution in [0, 0.1) is 0 Å². The van der Waals surface area contributed by atoms with Gasteiger partial charge < -0.3 is 23.1 Å². The Bertz CT molecular complexity index is 166. The lowest BCUT2D eigenvalue weighted by molar-refractivity contribution is -0.189. The van der Waals surface area contributed by atoms with Crippen molar-refractivity contribution in [3.63, 3.8) is 0 Å². The Hall–Kier alpha value is 0.0169. The Kier molecular flexibility index (Phi) is 6.57. The molecule has 0 aliphatic heterocycles. The molecule has 1 atom stereocenters. The molecule has 0 radical (unpaired) electrons. The molecular weight excluding hydrogens is 216 g/mol. The molecule has 0 aromatic carbocycles. The van der Waals surface area contributed by atoms with Crippen molar-refractivity contribution >= 4 is 8.80 Å². The molecule has 0 saturated carbocycles. The van der Waals surface area contributed by atoms with Gasteiger partial charge in [0, 0.05) is 34.4 Å². The van der Waals surface area contributed by atoms with Gasteiger partial charge in [-0.2, -0.15) is 0 Å². The first-order valence-electron chi connectivity index (χ1n) is 5.07. The number of ether oxygens (including phenoxy) is 1. The fourth-order valence-corrected chi connectivity index (χ4v) is 3.58. The SMILES string of the molecule is CCCOC(O)(CC)[Si](OC)(OC)OC. The number of hydrogen-bond acceptors (Lipinski definition) is 5. The molecule has 0 aliphatic carbocycles. The van der Waals surface area contributed by atoms with E-state index in [1.165, 1.54) is 21.3 Å². The van der Waals surface area contributed by atoms with E-state index in [0.29, 0.717) is 13.0 Å². The summed E-state index contributed by atoms with van der Waals surface area (Å²) in [5.74, 6) is 0. The first-order chi connectivity index (χ1) is 7.05. The van der Waals surface area contributed by atoms with Crippen molar-refractivity contribution in [1.29, 1.82) is 0 Å². The predicted octanol–water partition coefficient (Wildman–Crippen LogP) is 0.929. The smallest absolute Gasteiger partial charge is 0.374 e. The van der Waals surface area contributed by atoms with Crippen LogP contribution in [0.3, 0.4) is 0 Å². The first kappa shape index (κ1) is 15.0. The zero-order valence-corrected chi connectivity index (χ0v) is 11.2. The van der Waals surface area contributed by atoms with Crippen molar-refractivity contribution in [2.45, 2.75) is 32.1 Å². The van der Waals surface area contributed by atoms with Crippen LogP contribution in [0.1, 0.15) is 26.7 Å². The van der Waals surface area contributed by atoms with Crippen molar-refractivity contribution in [2.75, 3.05) is 27.9 Å². The summed E-state index contributed by atoms with van der Waals surface area (Å²) < 4.78 is 21.0. The molecular formula is C9H22O5Si. The number of rotatable bonds is 8. The van der Waals surface area contributed by atoms with Gasteiger partial charge in [-0.3, -0.25) is 0 Å². The van der Waals surface area contributed by atoms with Gasteiger partial charge in [-0.1, -0.05) is 13.8 Å². The molecule has 0 amide bonds. The van der Waals surface area contributed by atoms with E-state index < -0.39 is 14.2 Å². The fourth-order valence-electron chi connectivity index (χ4n) is 1.41. The van der Waals surface area contributed by atoms with Gasteiger partial charge in [-0.25, -0.2) is 0 Å². The Labute approximate surface area is 92.7 Å². The van der Waals surface area contributed by atoms with Crippen LogP contribution in [0.15, 0.2) is 0 Å². The minimum Gasteiger partial charge on any atom is -0.374 e. The molecule has 0 aromatic heterocycles. The van der Waals surface area contributed by atoms with Gasteiger partial charge in [-0.15, -0.1) is 0 Å². The van der Waals surface area contributed by atoms with Crippen LogP contribution in [0.2, 0.25) is 0 Å². The quantitative estimate of drug-likeness (QED) is 0.503. The van der Waals surface area contributed by atoms with Crippen LogP contribution in [0.4, 0.5) is 0 Å². The van der Waals surface area contributed by atoms with E-state index in [-0.39, 0.29) is 0 Å². The molecule has 0 bridgehead atoms. The Balaban J connectivity index is 4.84. The van der Waals surface area contributed by atoms with E-state index in [4.69, 9.17) is 18.0 Å². The highest BCUT2D eigenvalue weighted by Gasteiger charge is 2.60. The average molecular weight is 238 g/mol. The van der Waals surface area contributed by atoms with Crippen LogP contribution >= 0.6 is 0 Å². The average Bonchev–Trinajstić information content (AvgIpc) is 2.29. The van der Waals surface area contributed by atoms with Crippen LogP contribution in [-0.4, -0.2) is 47.3 Å². The van der Waals surface area contributed by atoms with Gasteiger partial charge in [0.2, 0.25) is 5.41 Å². The normalized spacial score (nSPS) is 16.4. The second-order valence-corrected chi connectivity index (χ2v) is 6.27. The Morgan fingerprint density at radius 2 is 1.53 bits per heavy atom. The molecule has 0 saturated heterocycles. The van der Waals surface area contributed by atoms with E-state index >= 15 is 0 Å². The lowest BCUT2D eigenvalue weighted by atomic mass is 10.4. The maximum Gasteiger partial charge on any atom is 0.562 e. The Morgan fingerprint density at radius 1 is 1.07 bits per heavy atom. The van der Waals surface area contributed by atoms with Gasteiger partial charge in [0.15, 0.2) is 0 Å². The molecule has 0 aromatic rings. The van der Waals surface area contributed by atoms with Crippen LogP contribution in [0.25, 0.3) is 0 Å². The summed E-state index contributed by atoms with van der Waals surface area (Å²) in [5.41, 5.74) is -1.47. The topological polar surface area (TPSA) is 57.2 Å². The van der Waals surface area contributed by atoms with Crippen molar-refractivity contribution in [2.24, 2.45) is 0 Å². The molecule has 1 unspecified atom stereocenters. The van der Waals surface area contributed by atoms with E-state index in [1.807, 2.05) is 6.92 Å². The highest BCUT2D eigenvalue weighted by atomic mass is 28.4. The zero-order valence-electron chi connectivity index (χ0n) is 10.2. The summed E-state index contributed by atoms with van der Waals surface area (Å²) in [5, 5.41) is 10.3. The standard InChI is InChI=1S/C9H22O5Si/c1-6-8-14-9(10,7-2)15(11-3,12-4)13-5/h10H,6-8H2,1-5H3. The second kappa shape index (κ2) is 6.57. The lowest BCUT2D eigenvalue weighted by Gasteiger charge is -2.38. The summed E-state index contributed by atoms with van der Waals surface area (Å²) in [7, 11) is 1.19. The first-order valence-corrected chi connectivity index (χ1v) is 6.80. The minimum atomic E-state index is -3.17. The summed E-state index contributed by atoms with van der Waals surface area (Å²) in [6.45, 7) is 4.20. The van der Waals surface area contributed by atoms with E-state index in [1.54, 1.807) is 6.92 Å². The molecule has 0 fully saturated rings. The van der Waals surface area contributed by atoms with Gasteiger partial charge in [0.25, 0.3) is 0 Å². The van der Waals surface area contributed by atoms with Crippen LogP contribution in [-0.2, 0) is 18.0 Å². The Morgan fingerprint density at radius 3 is 1.80 bits per heavy atom. The van der Waals surface area contributed by atoms with Gasteiger partial charge in [0.1, 0.15) is 0 Å². The van der Waals surface area contributed by atoms with Crippen LogP contribution in [0.5, 0.6) is 0 Å². The third-order valence-corrected chi connectivity index (χ3v) is 5.38. The van der Waals surface area contributed by atoms with E-state index in [2.05, 4.69) is 0 Å². The van der Waals surface area contributed by atoms with E-state index in [0.717, 1.165) is 6.42 Å². The molecule has 5 nitrogen and oxygen atoms in total. The number of hydrogen-bond donors (Lipinski definition) is 1. The molecule has 0 aliphatic rings. The third kappa shape index (κ3) is 2.99. The fraction of sp³-hybridized carbons (Fsp3) is 1.00. The minimum absolute atomic E-state index is 0.356. The summed E-state index contributed by atoms with van der Waals surface area (Å²) >= 11 is 0. The molecule has 1 N–H and O–H groups in total. The van der Waals surface area contributed by atoms with Gasteiger partial charge in [-0.05, 0) is 6.42 Å². The maximum atomic E-state index is 10.3. The van der Waals surface area contributed by atoms with Crippen LogP contribution < -0.4 is 0 Å². The van der Waals surface area contributed by atoms with Crippen molar-refractivity contribution in [3.8, 4) is 0 Å². The second-order valence-electron chi connectivity index (χ2n) is 3.15. The zero-order chi connectivity index (χ0) is 11.9. The highest BCUT2D eigenvalue weighted by Crippen LogP contribution is 2.27. The molecule has 0 heterocycles. The molecule has 0 rings (SSSR count). The van der Waals surface area contributed by atoms with Gasteiger partial charge >= 0.3 is 8.80 Å². The molecule has 6 heteroatoms. The summed E-state index contributed by atoms with van der Waals surface area (Å²) in [4.78, 5) is 0. The van der Waals surface area contributed by atoms with Gasteiger partial charge in [0.05, 0.1) is 0 Å². The van der Waals surface area contributed by atoms with Crippen molar-refractivity contribution in [3.05, 3.63) is 0 Å². The summed E-state index contributed by atoms with van der Waals surface area (Å²) in [6.07, 6.45) is 1.17. The third-order valence-electron chi connectivity index (χ3n) is 2.31. The van der Waals surface area contributed by atoms with E-state index in [9.17, 15) is 5.11 Å². The highest BCUT2D eigenvalue weighted by molar-refractivity contribution is 6.63. The van der Waals surface area contributed by atoms with Crippen molar-refractivity contribution < 1.29 is 23.1 Å². The number of aliphatic hydroxyl groups is 1. The maximum absolute atomic E-state index is 10.3.